The van der Waals surface area contributed by atoms with Gasteiger partial charge in [0, 0.05) is 0 Å². The number of esters is 2. The molecule has 0 unspecified atom stereocenters. The Balaban J connectivity index is 2.47. The molecule has 4 nitrogen and oxygen atoms in total. The maximum atomic E-state index is 11.4. The van der Waals surface area contributed by atoms with Crippen LogP contribution in [0.5, 0.6) is 0 Å². The van der Waals surface area contributed by atoms with Gasteiger partial charge in [-0.2, -0.15) is 0 Å². The molecule has 0 bridgehead atoms. The molecule has 1 aromatic rings. The van der Waals surface area contributed by atoms with Crippen LogP contribution in [-0.2, 0) is 14.3 Å². The van der Waals surface area contributed by atoms with Crippen LogP contribution in [-0.4, -0.2) is 25.2 Å². The summed E-state index contributed by atoms with van der Waals surface area (Å²) in [4.78, 5) is 22.4. The van der Waals surface area contributed by atoms with Crippen molar-refractivity contribution in [2.24, 2.45) is 0 Å². The summed E-state index contributed by atoms with van der Waals surface area (Å²) in [6.07, 6.45) is 0. The van der Waals surface area contributed by atoms with Crippen molar-refractivity contribution in [3.63, 3.8) is 0 Å². The fourth-order valence-corrected chi connectivity index (χ4v) is 1.10. The summed E-state index contributed by atoms with van der Waals surface area (Å²) in [5.74, 6) is -1.06. The molecule has 86 valence electrons. The zero-order valence-corrected chi connectivity index (χ0v) is 9.36. The van der Waals surface area contributed by atoms with Crippen molar-refractivity contribution in [3.05, 3.63) is 35.4 Å². The van der Waals surface area contributed by atoms with E-state index in [1.54, 1.807) is 31.2 Å². The smallest absolute Gasteiger partial charge is 0.344 e. The number of ether oxygens (including phenoxy) is 2. The second kappa shape index (κ2) is 5.90. The van der Waals surface area contributed by atoms with Gasteiger partial charge in [0.25, 0.3) is 0 Å². The fourth-order valence-electron chi connectivity index (χ4n) is 1.10. The zero-order valence-electron chi connectivity index (χ0n) is 9.36. The molecule has 0 amide bonds. The summed E-state index contributed by atoms with van der Waals surface area (Å²) in [6.45, 7) is 3.55. The number of carbonyl (C=O) groups excluding carboxylic acids is 2. The number of rotatable bonds is 4. The Hall–Kier alpha value is -1.84. The van der Waals surface area contributed by atoms with E-state index in [0.29, 0.717) is 5.56 Å². The maximum Gasteiger partial charge on any atom is 0.344 e. The number of benzene rings is 1. The minimum Gasteiger partial charge on any atom is -0.463 e. The molecule has 4 heteroatoms. The van der Waals surface area contributed by atoms with E-state index >= 15 is 0 Å². The molecule has 0 aliphatic carbocycles. The van der Waals surface area contributed by atoms with Crippen molar-refractivity contribution in [2.45, 2.75) is 13.8 Å². The maximum absolute atomic E-state index is 11.4. The first-order valence-corrected chi connectivity index (χ1v) is 5.03. The van der Waals surface area contributed by atoms with Gasteiger partial charge >= 0.3 is 11.9 Å². The molecule has 0 radical (unpaired) electrons. The van der Waals surface area contributed by atoms with Crippen LogP contribution in [0.4, 0.5) is 0 Å². The van der Waals surface area contributed by atoms with Gasteiger partial charge in [-0.25, -0.2) is 9.59 Å². The van der Waals surface area contributed by atoms with Crippen LogP contribution >= 0.6 is 0 Å². The Morgan fingerprint density at radius 2 is 1.75 bits per heavy atom. The van der Waals surface area contributed by atoms with Crippen LogP contribution in [0.25, 0.3) is 0 Å². The van der Waals surface area contributed by atoms with E-state index < -0.39 is 11.9 Å². The Labute approximate surface area is 94.2 Å². The first-order valence-electron chi connectivity index (χ1n) is 5.03. The van der Waals surface area contributed by atoms with Crippen molar-refractivity contribution in [3.8, 4) is 0 Å². The minimum absolute atomic E-state index is 0.279. The molecule has 0 saturated heterocycles. The third-order valence-corrected chi connectivity index (χ3v) is 1.91. The number of hydrogen-bond donors (Lipinski definition) is 0. The molecule has 0 aliphatic heterocycles. The van der Waals surface area contributed by atoms with Gasteiger partial charge in [0.1, 0.15) is 0 Å². The molecule has 0 aromatic heterocycles. The predicted octanol–water partition coefficient (Wildman–Crippen LogP) is 1.71. The van der Waals surface area contributed by atoms with Crippen molar-refractivity contribution in [1.29, 1.82) is 0 Å². The molecule has 0 heterocycles. The van der Waals surface area contributed by atoms with E-state index in [1.165, 1.54) is 0 Å². The van der Waals surface area contributed by atoms with Crippen LogP contribution in [0, 0.1) is 6.92 Å². The van der Waals surface area contributed by atoms with Gasteiger partial charge in [0.2, 0.25) is 0 Å². The van der Waals surface area contributed by atoms with Crippen LogP contribution in [0.2, 0.25) is 0 Å². The van der Waals surface area contributed by atoms with E-state index in [-0.39, 0.29) is 13.2 Å². The number of aryl methyl sites for hydroxylation is 1. The lowest BCUT2D eigenvalue weighted by Gasteiger charge is -2.04. The van der Waals surface area contributed by atoms with Crippen LogP contribution in [0.1, 0.15) is 22.8 Å². The lowest BCUT2D eigenvalue weighted by atomic mass is 10.1. The zero-order chi connectivity index (χ0) is 12.0. The molecule has 1 aromatic carbocycles. The first-order chi connectivity index (χ1) is 7.63. The molecule has 0 atom stereocenters. The summed E-state index contributed by atoms with van der Waals surface area (Å²) in [5.41, 5.74) is 1.48. The van der Waals surface area contributed by atoms with E-state index in [9.17, 15) is 9.59 Å². The van der Waals surface area contributed by atoms with Gasteiger partial charge in [-0.15, -0.1) is 0 Å². The Morgan fingerprint density at radius 3 is 2.31 bits per heavy atom. The SMILES string of the molecule is CCOC(=O)COC(=O)c1ccc(C)cc1. The molecule has 0 saturated carbocycles. The Bertz CT molecular complexity index is 367. The molecule has 16 heavy (non-hydrogen) atoms. The van der Waals surface area contributed by atoms with E-state index in [4.69, 9.17) is 4.74 Å². The van der Waals surface area contributed by atoms with Gasteiger partial charge in [-0.3, -0.25) is 0 Å². The normalized spacial score (nSPS) is 9.62. The second-order valence-electron chi connectivity index (χ2n) is 3.25. The van der Waals surface area contributed by atoms with Crippen LogP contribution in [0.15, 0.2) is 24.3 Å². The molecule has 0 spiro atoms. The standard InChI is InChI=1S/C12H14O4/c1-3-15-11(13)8-16-12(14)10-6-4-9(2)5-7-10/h4-7H,3,8H2,1-2H3. The highest BCUT2D eigenvalue weighted by atomic mass is 16.6. The van der Waals surface area contributed by atoms with Crippen molar-refractivity contribution in [1.82, 2.24) is 0 Å². The average Bonchev–Trinajstić information content (AvgIpc) is 2.27. The number of carbonyl (C=O) groups is 2. The first kappa shape index (κ1) is 12.2. The summed E-state index contributed by atoms with van der Waals surface area (Å²) in [7, 11) is 0. The van der Waals surface area contributed by atoms with Gasteiger partial charge < -0.3 is 9.47 Å². The Kier molecular flexibility index (Phi) is 4.51. The largest absolute Gasteiger partial charge is 0.463 e. The van der Waals surface area contributed by atoms with E-state index in [1.807, 2.05) is 6.92 Å². The average molecular weight is 222 g/mol. The van der Waals surface area contributed by atoms with Gasteiger partial charge in [0.15, 0.2) is 6.61 Å². The highest BCUT2D eigenvalue weighted by Crippen LogP contribution is 2.04. The second-order valence-corrected chi connectivity index (χ2v) is 3.25. The van der Waals surface area contributed by atoms with Crippen LogP contribution < -0.4 is 0 Å². The van der Waals surface area contributed by atoms with Crippen LogP contribution in [0.3, 0.4) is 0 Å². The van der Waals surface area contributed by atoms with Gasteiger partial charge in [-0.05, 0) is 26.0 Å². The molecule has 0 aliphatic rings. The summed E-state index contributed by atoms with van der Waals surface area (Å²) in [5, 5.41) is 0. The fraction of sp³-hybridized carbons (Fsp3) is 0.333. The lowest BCUT2D eigenvalue weighted by Crippen LogP contribution is -2.16. The monoisotopic (exact) mass is 222 g/mol. The molecule has 0 fully saturated rings. The summed E-state index contributed by atoms with van der Waals surface area (Å²) in [6, 6.07) is 6.92. The van der Waals surface area contributed by atoms with Crippen molar-refractivity contribution < 1.29 is 19.1 Å². The molecule has 1 rings (SSSR count). The lowest BCUT2D eigenvalue weighted by molar-refractivity contribution is -0.146. The summed E-state index contributed by atoms with van der Waals surface area (Å²) >= 11 is 0. The van der Waals surface area contributed by atoms with Crippen molar-refractivity contribution in [2.75, 3.05) is 13.2 Å². The number of hydrogen-bond acceptors (Lipinski definition) is 4. The third kappa shape index (κ3) is 3.73. The van der Waals surface area contributed by atoms with Gasteiger partial charge in [-0.1, -0.05) is 17.7 Å². The van der Waals surface area contributed by atoms with E-state index in [0.717, 1.165) is 5.56 Å². The predicted molar refractivity (Wildman–Crippen MR) is 58.1 cm³/mol. The van der Waals surface area contributed by atoms with Crippen molar-refractivity contribution >= 4 is 11.9 Å². The minimum atomic E-state index is -0.539. The Morgan fingerprint density at radius 1 is 1.12 bits per heavy atom. The topological polar surface area (TPSA) is 52.6 Å². The highest BCUT2D eigenvalue weighted by Gasteiger charge is 2.09. The van der Waals surface area contributed by atoms with Gasteiger partial charge in [0.05, 0.1) is 12.2 Å². The molecule has 0 N–H and O–H groups in total. The molecular formula is C12H14O4. The molecular weight excluding hydrogens is 208 g/mol. The third-order valence-electron chi connectivity index (χ3n) is 1.91. The summed E-state index contributed by atoms with van der Waals surface area (Å²) < 4.78 is 9.40. The quantitative estimate of drug-likeness (QED) is 0.728. The highest BCUT2D eigenvalue weighted by molar-refractivity contribution is 5.90. The van der Waals surface area contributed by atoms with E-state index in [2.05, 4.69) is 4.74 Å².